The minimum absolute atomic E-state index is 0.0104. The highest BCUT2D eigenvalue weighted by Crippen LogP contribution is 2.21. The third-order valence-electron chi connectivity index (χ3n) is 10.4. The van der Waals surface area contributed by atoms with Crippen LogP contribution in [0.1, 0.15) is 112 Å². The highest BCUT2D eigenvalue weighted by molar-refractivity contribution is 5.97. The molecule has 0 spiro atoms. The first-order valence-electron chi connectivity index (χ1n) is 20.9. The van der Waals surface area contributed by atoms with Gasteiger partial charge in [0.15, 0.2) is 5.78 Å². The van der Waals surface area contributed by atoms with Gasteiger partial charge in [0, 0.05) is 24.9 Å². The average Bonchev–Trinajstić information content (AvgIpc) is 3.88. The van der Waals surface area contributed by atoms with Gasteiger partial charge in [-0.25, -0.2) is 9.78 Å². The van der Waals surface area contributed by atoms with Gasteiger partial charge in [0.25, 0.3) is 0 Å². The van der Waals surface area contributed by atoms with Crippen molar-refractivity contribution in [1.29, 1.82) is 0 Å². The van der Waals surface area contributed by atoms with Crippen LogP contribution in [0.15, 0.2) is 36.8 Å². The lowest BCUT2D eigenvalue weighted by Gasteiger charge is -2.31. The summed E-state index contributed by atoms with van der Waals surface area (Å²) < 4.78 is 5.41. The number of imidazole rings is 1. The monoisotopic (exact) mass is 838 g/mol. The minimum atomic E-state index is -1.17. The fourth-order valence-corrected chi connectivity index (χ4v) is 6.74. The zero-order valence-corrected chi connectivity index (χ0v) is 36.6. The van der Waals surface area contributed by atoms with Crippen LogP contribution in [0.3, 0.4) is 0 Å². The number of phenolic OH excluding ortho intramolecular Hbond substituents is 1. The Morgan fingerprint density at radius 2 is 1.47 bits per heavy atom. The fourth-order valence-electron chi connectivity index (χ4n) is 6.74. The number of hydrogen-bond donors (Lipinski definition) is 7. The number of alkyl carbamates (subject to hydrolysis) is 1. The van der Waals surface area contributed by atoms with Gasteiger partial charge < -0.3 is 46.3 Å². The Hall–Kier alpha value is -5.48. The minimum Gasteiger partial charge on any atom is -0.508 e. The molecule has 7 N–H and O–H groups in total. The standard InChI is InChI=1S/C43H66N8O9/c1-10-26(4)21-34(39(56)49-35(22-30-23-44-24-45-30)41(58)51-19-11-12-36(51)40(57)46-27(5)28(6)52)48-37(54)32(18-15-29-13-16-31(53)17-14-29)47-38(55)33(20-25(2)3)50-42(59)60-43(7,8)9/h13-14,16-17,23-27,32-36,53H,10-12,15,18-22H2,1-9H3,(H,44,45)(H,46,57)(H,47,55)(H,48,54)(H,49,56)(H,50,59)/t26?,27-,32+,33+,34+,35+,36+/m1/s1. The lowest BCUT2D eigenvalue weighted by Crippen LogP contribution is -2.60. The highest BCUT2D eigenvalue weighted by atomic mass is 16.6. The predicted molar refractivity (Wildman–Crippen MR) is 224 cm³/mol. The van der Waals surface area contributed by atoms with Crippen molar-refractivity contribution in [3.8, 4) is 5.75 Å². The number of hydrogen-bond acceptors (Lipinski definition) is 10. The van der Waals surface area contributed by atoms with E-state index in [1.54, 1.807) is 39.8 Å². The Bertz CT molecular complexity index is 1760. The molecule has 0 aliphatic carbocycles. The number of aromatic amines is 1. The van der Waals surface area contributed by atoms with E-state index in [-0.39, 0.29) is 55.6 Å². The van der Waals surface area contributed by atoms with E-state index in [1.165, 1.54) is 36.5 Å². The molecule has 0 bridgehead atoms. The zero-order chi connectivity index (χ0) is 44.7. The van der Waals surface area contributed by atoms with Crippen molar-refractivity contribution < 1.29 is 43.4 Å². The Balaban J connectivity index is 1.92. The molecule has 332 valence electrons. The maximum atomic E-state index is 14.3. The summed E-state index contributed by atoms with van der Waals surface area (Å²) in [5.41, 5.74) is 0.515. The number of nitrogens with one attached hydrogen (secondary N) is 6. The molecule has 2 aromatic rings. The van der Waals surface area contributed by atoms with E-state index in [9.17, 15) is 38.7 Å². The second-order valence-corrected chi connectivity index (χ2v) is 17.3. The molecule has 1 unspecified atom stereocenters. The van der Waals surface area contributed by atoms with Crippen molar-refractivity contribution in [3.05, 3.63) is 48.0 Å². The van der Waals surface area contributed by atoms with E-state index in [1.807, 2.05) is 27.7 Å². The third-order valence-corrected chi connectivity index (χ3v) is 10.4. The van der Waals surface area contributed by atoms with Crippen LogP contribution in [-0.4, -0.2) is 110 Å². The Morgan fingerprint density at radius 3 is 2.03 bits per heavy atom. The summed E-state index contributed by atoms with van der Waals surface area (Å²) >= 11 is 0. The normalized spacial score (nSPS) is 17.0. The summed E-state index contributed by atoms with van der Waals surface area (Å²) in [6.45, 7) is 16.0. The number of amides is 6. The van der Waals surface area contributed by atoms with Crippen LogP contribution < -0.4 is 26.6 Å². The molecule has 0 radical (unpaired) electrons. The maximum absolute atomic E-state index is 14.3. The number of nitrogens with zero attached hydrogens (tertiary/aromatic N) is 2. The van der Waals surface area contributed by atoms with Crippen LogP contribution in [-0.2, 0) is 46.3 Å². The molecule has 0 saturated carbocycles. The smallest absolute Gasteiger partial charge is 0.408 e. The first-order valence-corrected chi connectivity index (χ1v) is 20.9. The van der Waals surface area contributed by atoms with Crippen molar-refractivity contribution >= 4 is 41.4 Å². The van der Waals surface area contributed by atoms with Gasteiger partial charge >= 0.3 is 6.09 Å². The molecule has 2 heterocycles. The summed E-state index contributed by atoms with van der Waals surface area (Å²) in [5, 5.41) is 23.7. The van der Waals surface area contributed by atoms with E-state index in [0.717, 1.165) is 5.56 Å². The Labute approximate surface area is 353 Å². The molecule has 7 atom stereocenters. The van der Waals surface area contributed by atoms with E-state index in [4.69, 9.17) is 4.74 Å². The van der Waals surface area contributed by atoms with Gasteiger partial charge in [0.1, 0.15) is 41.6 Å². The van der Waals surface area contributed by atoms with Crippen LogP contribution in [0.2, 0.25) is 0 Å². The van der Waals surface area contributed by atoms with Crippen LogP contribution in [0.25, 0.3) is 0 Å². The van der Waals surface area contributed by atoms with Crippen LogP contribution in [0.5, 0.6) is 5.75 Å². The number of likely N-dealkylation sites (tertiary alicyclic amines) is 1. The summed E-state index contributed by atoms with van der Waals surface area (Å²) in [6.07, 6.45) is 4.65. The third kappa shape index (κ3) is 15.9. The topological polar surface area (TPSA) is 241 Å². The molecule has 60 heavy (non-hydrogen) atoms. The molecule has 1 aromatic heterocycles. The number of ketones is 1. The van der Waals surface area contributed by atoms with Crippen molar-refractivity contribution in [1.82, 2.24) is 41.5 Å². The maximum Gasteiger partial charge on any atom is 0.408 e. The molecule has 1 aliphatic rings. The van der Waals surface area contributed by atoms with Crippen LogP contribution in [0, 0.1) is 11.8 Å². The van der Waals surface area contributed by atoms with Gasteiger partial charge in [-0.3, -0.25) is 28.8 Å². The number of Topliss-reactive ketones (excluding diaryl/α,β-unsaturated/α-hetero) is 1. The Morgan fingerprint density at radius 1 is 0.867 bits per heavy atom. The predicted octanol–water partition coefficient (Wildman–Crippen LogP) is 3.21. The van der Waals surface area contributed by atoms with E-state index in [2.05, 4.69) is 36.6 Å². The fraction of sp³-hybridized carbons (Fsp3) is 0.628. The molecule has 1 fully saturated rings. The average molecular weight is 839 g/mol. The molecule has 1 aromatic carbocycles. The number of rotatable bonds is 21. The first-order chi connectivity index (χ1) is 28.2. The molecule has 17 nitrogen and oxygen atoms in total. The van der Waals surface area contributed by atoms with Gasteiger partial charge in [0.2, 0.25) is 29.5 Å². The largest absolute Gasteiger partial charge is 0.508 e. The molecule has 17 heteroatoms. The van der Waals surface area contributed by atoms with E-state index >= 15 is 0 Å². The number of carbonyl (C=O) groups excluding carboxylic acids is 7. The molecule has 3 rings (SSSR count). The summed E-state index contributed by atoms with van der Waals surface area (Å²) in [4.78, 5) is 103. The quantitative estimate of drug-likeness (QED) is 0.0969. The number of aromatic nitrogens is 2. The molecular weight excluding hydrogens is 773 g/mol. The number of H-pyrrole nitrogens is 1. The number of carbonyl (C=O) groups is 7. The highest BCUT2D eigenvalue weighted by Gasteiger charge is 2.40. The van der Waals surface area contributed by atoms with Gasteiger partial charge in [0.05, 0.1) is 12.4 Å². The molecular formula is C43H66N8O9. The summed E-state index contributed by atoms with van der Waals surface area (Å²) in [7, 11) is 0. The van der Waals surface area contributed by atoms with Gasteiger partial charge in [-0.05, 0) is 103 Å². The number of benzene rings is 1. The summed E-state index contributed by atoms with van der Waals surface area (Å²) in [5.74, 6) is -3.10. The zero-order valence-electron chi connectivity index (χ0n) is 36.6. The SMILES string of the molecule is CCC(C)C[C@H](NC(=O)[C@H](CCc1ccc(O)cc1)NC(=O)[C@H](CC(C)C)NC(=O)OC(C)(C)C)C(=O)N[C@@H](Cc1cnc[nH]1)C(=O)N1CCC[C@H]1C(=O)N[C@H](C)C(C)=O. The number of phenols is 1. The first kappa shape index (κ1) is 48.9. The van der Waals surface area contributed by atoms with E-state index < -0.39 is 77.5 Å². The number of ether oxygens (including phenoxy) is 1. The summed E-state index contributed by atoms with van der Waals surface area (Å²) in [6, 6.07) is 0.338. The van der Waals surface area contributed by atoms with Gasteiger partial charge in [-0.2, -0.15) is 0 Å². The van der Waals surface area contributed by atoms with Crippen molar-refractivity contribution in [2.75, 3.05) is 6.54 Å². The second kappa shape index (κ2) is 22.8. The lowest BCUT2D eigenvalue weighted by molar-refractivity contribution is -0.142. The molecule has 1 saturated heterocycles. The van der Waals surface area contributed by atoms with E-state index in [0.29, 0.717) is 31.4 Å². The van der Waals surface area contributed by atoms with Crippen LogP contribution >= 0.6 is 0 Å². The van der Waals surface area contributed by atoms with Gasteiger partial charge in [-0.1, -0.05) is 46.2 Å². The van der Waals surface area contributed by atoms with Gasteiger partial charge in [-0.15, -0.1) is 0 Å². The number of aryl methyl sites for hydroxylation is 1. The molecule has 1 aliphatic heterocycles. The second-order valence-electron chi connectivity index (χ2n) is 17.3. The number of aromatic hydroxyl groups is 1. The van der Waals surface area contributed by atoms with Crippen molar-refractivity contribution in [2.45, 2.75) is 156 Å². The van der Waals surface area contributed by atoms with Crippen LogP contribution in [0.4, 0.5) is 4.79 Å². The Kier molecular flexibility index (Phi) is 18.6. The van der Waals surface area contributed by atoms with Crippen molar-refractivity contribution in [2.24, 2.45) is 11.8 Å². The molecule has 6 amide bonds. The van der Waals surface area contributed by atoms with Crippen molar-refractivity contribution in [3.63, 3.8) is 0 Å². The lowest BCUT2D eigenvalue weighted by atomic mass is 9.97.